The highest BCUT2D eigenvalue weighted by Gasteiger charge is 2.33. The second-order valence-electron chi connectivity index (χ2n) is 4.44. The SMILES string of the molecule is CC(=O)O.CC(C)OCCNCC1(O)CNC1. The zero-order valence-corrected chi connectivity index (χ0v) is 10.8. The zero-order chi connectivity index (χ0) is 13.3. The van der Waals surface area contributed by atoms with Crippen molar-refractivity contribution in [2.24, 2.45) is 0 Å². The van der Waals surface area contributed by atoms with Gasteiger partial charge in [0.2, 0.25) is 0 Å². The van der Waals surface area contributed by atoms with Crippen LogP contribution in [0.25, 0.3) is 0 Å². The minimum Gasteiger partial charge on any atom is -0.481 e. The number of rotatable bonds is 6. The third-order valence-electron chi connectivity index (χ3n) is 2.09. The lowest BCUT2D eigenvalue weighted by atomic mass is 9.97. The van der Waals surface area contributed by atoms with E-state index in [9.17, 15) is 5.11 Å². The highest BCUT2D eigenvalue weighted by Crippen LogP contribution is 2.07. The van der Waals surface area contributed by atoms with Crippen LogP contribution in [0, 0.1) is 0 Å². The lowest BCUT2D eigenvalue weighted by Crippen LogP contribution is -2.64. The molecule has 0 spiro atoms. The Labute approximate surface area is 102 Å². The Hall–Kier alpha value is -0.690. The molecule has 0 bridgehead atoms. The van der Waals surface area contributed by atoms with Crippen LogP contribution in [-0.2, 0) is 9.53 Å². The van der Waals surface area contributed by atoms with Crippen LogP contribution in [0.5, 0.6) is 0 Å². The summed E-state index contributed by atoms with van der Waals surface area (Å²) < 4.78 is 5.35. The molecule has 1 heterocycles. The first-order valence-corrected chi connectivity index (χ1v) is 5.81. The van der Waals surface area contributed by atoms with Crippen molar-refractivity contribution >= 4 is 5.97 Å². The molecule has 6 heteroatoms. The molecule has 0 amide bonds. The van der Waals surface area contributed by atoms with Gasteiger partial charge < -0.3 is 25.6 Å². The molecule has 1 aliphatic heterocycles. The van der Waals surface area contributed by atoms with Crippen LogP contribution >= 0.6 is 0 Å². The summed E-state index contributed by atoms with van der Waals surface area (Å²) in [6, 6.07) is 0. The summed E-state index contributed by atoms with van der Waals surface area (Å²) in [5, 5.41) is 23.3. The van der Waals surface area contributed by atoms with E-state index in [0.717, 1.165) is 13.5 Å². The number of aliphatic carboxylic acids is 1. The minimum atomic E-state index is -0.833. The highest BCUT2D eigenvalue weighted by atomic mass is 16.5. The van der Waals surface area contributed by atoms with E-state index in [2.05, 4.69) is 10.6 Å². The van der Waals surface area contributed by atoms with Gasteiger partial charge in [-0.25, -0.2) is 0 Å². The third-order valence-corrected chi connectivity index (χ3v) is 2.09. The molecule has 4 N–H and O–H groups in total. The molecule has 1 aliphatic rings. The first-order chi connectivity index (χ1) is 7.86. The Morgan fingerprint density at radius 2 is 2.06 bits per heavy atom. The van der Waals surface area contributed by atoms with Gasteiger partial charge in [0.15, 0.2) is 0 Å². The Kier molecular flexibility index (Phi) is 8.07. The molecule has 1 rings (SSSR count). The highest BCUT2D eigenvalue weighted by molar-refractivity contribution is 5.62. The van der Waals surface area contributed by atoms with Gasteiger partial charge in [0.25, 0.3) is 5.97 Å². The largest absolute Gasteiger partial charge is 0.481 e. The van der Waals surface area contributed by atoms with Crippen molar-refractivity contribution in [2.75, 3.05) is 32.8 Å². The van der Waals surface area contributed by atoms with Crippen LogP contribution in [0.1, 0.15) is 20.8 Å². The van der Waals surface area contributed by atoms with Gasteiger partial charge in [0.05, 0.1) is 12.7 Å². The minimum absolute atomic E-state index is 0.287. The van der Waals surface area contributed by atoms with Gasteiger partial charge in [0.1, 0.15) is 5.60 Å². The van der Waals surface area contributed by atoms with Gasteiger partial charge >= 0.3 is 0 Å². The summed E-state index contributed by atoms with van der Waals surface area (Å²) in [4.78, 5) is 9.00. The fourth-order valence-electron chi connectivity index (χ4n) is 1.23. The molecule has 0 aromatic heterocycles. The standard InChI is InChI=1S/C9H20N2O2.C2H4O2/c1-8(2)13-4-3-10-5-9(12)6-11-7-9;1-2(3)4/h8,10-12H,3-7H2,1-2H3;1H3,(H,3,4). The van der Waals surface area contributed by atoms with E-state index in [1.807, 2.05) is 13.8 Å². The van der Waals surface area contributed by atoms with Gasteiger partial charge in [-0.15, -0.1) is 0 Å². The molecule has 6 nitrogen and oxygen atoms in total. The molecule has 0 atom stereocenters. The second-order valence-corrected chi connectivity index (χ2v) is 4.44. The molecule has 0 aromatic carbocycles. The van der Waals surface area contributed by atoms with Crippen molar-refractivity contribution in [1.82, 2.24) is 10.6 Å². The van der Waals surface area contributed by atoms with Crippen LogP contribution in [0.3, 0.4) is 0 Å². The van der Waals surface area contributed by atoms with E-state index >= 15 is 0 Å². The number of carboxylic acids is 1. The molecule has 1 fully saturated rings. The van der Waals surface area contributed by atoms with Gasteiger partial charge in [0, 0.05) is 33.1 Å². The molecule has 17 heavy (non-hydrogen) atoms. The van der Waals surface area contributed by atoms with Gasteiger partial charge in [-0.05, 0) is 13.8 Å². The number of β-amino-alcohol motifs (C(OH)–C–C–N with tert-alkyl or cyclic N) is 1. The van der Waals surface area contributed by atoms with Crippen molar-refractivity contribution < 1.29 is 19.7 Å². The average Bonchev–Trinajstić information content (AvgIpc) is 2.13. The molecule has 1 saturated heterocycles. The number of carboxylic acid groups (broad SMARTS) is 1. The van der Waals surface area contributed by atoms with Crippen LogP contribution in [0.15, 0.2) is 0 Å². The normalized spacial score (nSPS) is 17.0. The lowest BCUT2D eigenvalue weighted by Gasteiger charge is -2.37. The Morgan fingerprint density at radius 1 is 1.53 bits per heavy atom. The van der Waals surface area contributed by atoms with E-state index in [4.69, 9.17) is 14.6 Å². The van der Waals surface area contributed by atoms with E-state index in [1.54, 1.807) is 0 Å². The quantitative estimate of drug-likeness (QED) is 0.470. The predicted octanol–water partition coefficient (Wildman–Crippen LogP) is -0.574. The van der Waals surface area contributed by atoms with Crippen LogP contribution < -0.4 is 10.6 Å². The number of aliphatic hydroxyl groups is 1. The van der Waals surface area contributed by atoms with E-state index < -0.39 is 11.6 Å². The summed E-state index contributed by atoms with van der Waals surface area (Å²) in [6.45, 7) is 8.69. The Balaban J connectivity index is 0.000000557. The van der Waals surface area contributed by atoms with Crippen LogP contribution in [-0.4, -0.2) is 60.7 Å². The molecular weight excluding hydrogens is 224 g/mol. The van der Waals surface area contributed by atoms with Gasteiger partial charge in [-0.2, -0.15) is 0 Å². The molecule has 0 unspecified atom stereocenters. The summed E-state index contributed by atoms with van der Waals surface area (Å²) >= 11 is 0. The average molecular weight is 248 g/mol. The molecule has 0 aliphatic carbocycles. The van der Waals surface area contributed by atoms with Gasteiger partial charge in [-0.3, -0.25) is 4.79 Å². The summed E-state index contributed by atoms with van der Waals surface area (Å²) in [7, 11) is 0. The number of nitrogens with one attached hydrogen (secondary N) is 2. The number of carbonyl (C=O) groups is 1. The van der Waals surface area contributed by atoms with Gasteiger partial charge in [-0.1, -0.05) is 0 Å². The molecule has 0 radical (unpaired) electrons. The second kappa shape index (κ2) is 8.41. The topological polar surface area (TPSA) is 90.8 Å². The zero-order valence-electron chi connectivity index (χ0n) is 10.8. The molecule has 0 saturated carbocycles. The summed E-state index contributed by atoms with van der Waals surface area (Å²) in [6.07, 6.45) is 0.287. The Bertz CT molecular complexity index is 214. The molecule has 0 aromatic rings. The van der Waals surface area contributed by atoms with Crippen molar-refractivity contribution in [1.29, 1.82) is 0 Å². The summed E-state index contributed by atoms with van der Waals surface area (Å²) in [5.74, 6) is -0.833. The third kappa shape index (κ3) is 10.2. The fourth-order valence-corrected chi connectivity index (χ4v) is 1.23. The summed E-state index contributed by atoms with van der Waals surface area (Å²) in [5.41, 5.74) is -0.516. The first kappa shape index (κ1) is 16.3. The maximum absolute atomic E-state index is 9.65. The maximum Gasteiger partial charge on any atom is 0.300 e. The van der Waals surface area contributed by atoms with E-state index in [-0.39, 0.29) is 6.10 Å². The van der Waals surface area contributed by atoms with Crippen LogP contribution in [0.4, 0.5) is 0 Å². The van der Waals surface area contributed by atoms with Crippen LogP contribution in [0.2, 0.25) is 0 Å². The lowest BCUT2D eigenvalue weighted by molar-refractivity contribution is -0.134. The predicted molar refractivity (Wildman–Crippen MR) is 65.1 cm³/mol. The number of ether oxygens (including phenoxy) is 1. The Morgan fingerprint density at radius 3 is 2.41 bits per heavy atom. The van der Waals surface area contributed by atoms with E-state index in [1.165, 1.54) is 0 Å². The van der Waals surface area contributed by atoms with Crippen molar-refractivity contribution in [3.8, 4) is 0 Å². The smallest absolute Gasteiger partial charge is 0.300 e. The van der Waals surface area contributed by atoms with E-state index in [0.29, 0.717) is 26.2 Å². The van der Waals surface area contributed by atoms with Crippen molar-refractivity contribution in [3.05, 3.63) is 0 Å². The maximum atomic E-state index is 9.65. The molecular formula is C11H24N2O4. The number of hydrogen-bond acceptors (Lipinski definition) is 5. The van der Waals surface area contributed by atoms with Crippen molar-refractivity contribution in [3.63, 3.8) is 0 Å². The first-order valence-electron chi connectivity index (χ1n) is 5.81. The number of hydrogen-bond donors (Lipinski definition) is 4. The monoisotopic (exact) mass is 248 g/mol. The molecule has 102 valence electrons. The fraction of sp³-hybridized carbons (Fsp3) is 0.909. The van der Waals surface area contributed by atoms with Crippen molar-refractivity contribution in [2.45, 2.75) is 32.5 Å².